The number of aryl methyl sites for hydroxylation is 1. The summed E-state index contributed by atoms with van der Waals surface area (Å²) >= 11 is 0. The molecule has 1 heterocycles. The fourth-order valence-corrected chi connectivity index (χ4v) is 4.66. The quantitative estimate of drug-likeness (QED) is 0.884. The Morgan fingerprint density at radius 3 is 2.76 bits per heavy atom. The largest absolute Gasteiger partial charge is 0.480 e. The number of carbonyl (C=O) groups is 1. The van der Waals surface area contributed by atoms with Gasteiger partial charge >= 0.3 is 5.97 Å². The van der Waals surface area contributed by atoms with Gasteiger partial charge in [-0.2, -0.15) is 4.31 Å². The van der Waals surface area contributed by atoms with Gasteiger partial charge in [-0.1, -0.05) is 12.1 Å². The van der Waals surface area contributed by atoms with Crippen molar-refractivity contribution in [1.29, 1.82) is 0 Å². The lowest BCUT2D eigenvalue weighted by molar-refractivity contribution is -0.150. The predicted molar refractivity (Wildman–Crippen MR) is 76.5 cm³/mol. The summed E-state index contributed by atoms with van der Waals surface area (Å²) in [6.07, 6.45) is 0.752. The minimum Gasteiger partial charge on any atom is -0.480 e. The van der Waals surface area contributed by atoms with Gasteiger partial charge in [-0.05, 0) is 37.5 Å². The number of carboxylic acids is 1. The van der Waals surface area contributed by atoms with Gasteiger partial charge in [-0.15, -0.1) is 0 Å². The molecule has 6 nitrogen and oxygen atoms in total. The summed E-state index contributed by atoms with van der Waals surface area (Å²) in [7, 11) is -2.49. The van der Waals surface area contributed by atoms with Crippen molar-refractivity contribution in [3.05, 3.63) is 29.8 Å². The molecule has 21 heavy (non-hydrogen) atoms. The number of sulfonamides is 1. The Morgan fingerprint density at radius 1 is 1.48 bits per heavy atom. The standard InChI is InChI=1S/C14H19NO5S/c1-11-5-3-6-12(9-11)21(18,19)15-8-4-7-14(15,10-20-2)13(16)17/h3,5-6,9H,4,7-8,10H2,1-2H3,(H,16,17). The van der Waals surface area contributed by atoms with Crippen molar-refractivity contribution in [2.24, 2.45) is 0 Å². The molecule has 1 atom stereocenters. The zero-order chi connectivity index (χ0) is 15.7. The molecule has 1 N–H and O–H groups in total. The molecule has 7 heteroatoms. The van der Waals surface area contributed by atoms with Crippen LogP contribution in [-0.2, 0) is 19.6 Å². The van der Waals surface area contributed by atoms with Gasteiger partial charge in [0.2, 0.25) is 10.0 Å². The molecule has 0 bridgehead atoms. The van der Waals surface area contributed by atoms with Crippen LogP contribution in [-0.4, -0.2) is 49.6 Å². The van der Waals surface area contributed by atoms with E-state index in [-0.39, 0.29) is 24.5 Å². The average Bonchev–Trinajstić information content (AvgIpc) is 2.85. The van der Waals surface area contributed by atoms with Crippen LogP contribution in [0.5, 0.6) is 0 Å². The number of ether oxygens (including phenoxy) is 1. The summed E-state index contributed by atoms with van der Waals surface area (Å²) in [5, 5.41) is 9.54. The number of methoxy groups -OCH3 is 1. The maximum atomic E-state index is 12.8. The van der Waals surface area contributed by atoms with E-state index >= 15 is 0 Å². The van der Waals surface area contributed by atoms with Crippen LogP contribution in [0, 0.1) is 6.92 Å². The maximum absolute atomic E-state index is 12.8. The summed E-state index contributed by atoms with van der Waals surface area (Å²) < 4.78 is 31.6. The van der Waals surface area contributed by atoms with Crippen LogP contribution in [0.2, 0.25) is 0 Å². The molecule has 1 saturated heterocycles. The van der Waals surface area contributed by atoms with Crippen LogP contribution in [0.25, 0.3) is 0 Å². The third-order valence-electron chi connectivity index (χ3n) is 3.79. The Kier molecular flexibility index (Phi) is 4.36. The van der Waals surface area contributed by atoms with E-state index < -0.39 is 21.5 Å². The lowest BCUT2D eigenvalue weighted by Gasteiger charge is -2.33. The molecule has 0 amide bonds. The van der Waals surface area contributed by atoms with Gasteiger partial charge in [0.05, 0.1) is 11.5 Å². The molecule has 0 aliphatic carbocycles. The number of hydrogen-bond acceptors (Lipinski definition) is 4. The van der Waals surface area contributed by atoms with Gasteiger partial charge in [-0.25, -0.2) is 8.42 Å². The number of benzene rings is 1. The first-order valence-corrected chi connectivity index (χ1v) is 8.10. The normalized spacial score (nSPS) is 23.3. The highest BCUT2D eigenvalue weighted by molar-refractivity contribution is 7.89. The van der Waals surface area contributed by atoms with E-state index in [2.05, 4.69) is 0 Å². The van der Waals surface area contributed by atoms with Crippen molar-refractivity contribution < 1.29 is 23.1 Å². The molecule has 0 spiro atoms. The van der Waals surface area contributed by atoms with E-state index in [1.165, 1.54) is 13.2 Å². The minimum atomic E-state index is -3.86. The molecule has 1 unspecified atom stereocenters. The Bertz CT molecular complexity index is 643. The molecule has 116 valence electrons. The summed E-state index contributed by atoms with van der Waals surface area (Å²) in [5.74, 6) is -1.17. The Balaban J connectivity index is 2.50. The minimum absolute atomic E-state index is 0.117. The Morgan fingerprint density at radius 2 is 2.19 bits per heavy atom. The smallest absolute Gasteiger partial charge is 0.327 e. The highest BCUT2D eigenvalue weighted by atomic mass is 32.2. The molecule has 1 aromatic rings. The first-order valence-electron chi connectivity index (χ1n) is 6.66. The number of rotatable bonds is 5. The zero-order valence-corrected chi connectivity index (χ0v) is 12.9. The van der Waals surface area contributed by atoms with Gasteiger partial charge in [0.15, 0.2) is 5.54 Å². The van der Waals surface area contributed by atoms with Crippen molar-refractivity contribution in [2.75, 3.05) is 20.3 Å². The van der Waals surface area contributed by atoms with Gasteiger partial charge in [0.25, 0.3) is 0 Å². The maximum Gasteiger partial charge on any atom is 0.327 e. The van der Waals surface area contributed by atoms with Gasteiger partial charge < -0.3 is 9.84 Å². The summed E-state index contributed by atoms with van der Waals surface area (Å²) in [4.78, 5) is 11.8. The SMILES string of the molecule is COCC1(C(=O)O)CCCN1S(=O)(=O)c1cccc(C)c1. The summed E-state index contributed by atoms with van der Waals surface area (Å²) in [6, 6.07) is 6.48. The monoisotopic (exact) mass is 313 g/mol. The van der Waals surface area contributed by atoms with E-state index in [9.17, 15) is 18.3 Å². The van der Waals surface area contributed by atoms with E-state index in [0.717, 1.165) is 9.87 Å². The molecule has 1 aromatic carbocycles. The fourth-order valence-electron chi connectivity index (χ4n) is 2.77. The number of aliphatic carboxylic acids is 1. The molecule has 1 fully saturated rings. The molecule has 1 aliphatic heterocycles. The third-order valence-corrected chi connectivity index (χ3v) is 5.75. The van der Waals surface area contributed by atoms with Crippen LogP contribution in [0.1, 0.15) is 18.4 Å². The third kappa shape index (κ3) is 2.68. The van der Waals surface area contributed by atoms with Crippen molar-refractivity contribution >= 4 is 16.0 Å². The van der Waals surface area contributed by atoms with Crippen LogP contribution in [0.15, 0.2) is 29.2 Å². The second kappa shape index (κ2) is 5.75. The fraction of sp³-hybridized carbons (Fsp3) is 0.500. The first kappa shape index (κ1) is 15.9. The van der Waals surface area contributed by atoms with E-state index in [0.29, 0.717) is 6.42 Å². The van der Waals surface area contributed by atoms with E-state index in [1.54, 1.807) is 25.1 Å². The highest BCUT2D eigenvalue weighted by Gasteiger charge is 2.53. The number of nitrogens with zero attached hydrogens (tertiary/aromatic N) is 1. The topological polar surface area (TPSA) is 83.9 Å². The number of hydrogen-bond donors (Lipinski definition) is 1. The second-order valence-electron chi connectivity index (χ2n) is 5.27. The predicted octanol–water partition coefficient (Wildman–Crippen LogP) is 1.25. The van der Waals surface area contributed by atoms with Gasteiger partial charge in [0.1, 0.15) is 0 Å². The van der Waals surface area contributed by atoms with Crippen molar-refractivity contribution in [3.63, 3.8) is 0 Å². The number of carboxylic acid groups (broad SMARTS) is 1. The first-order chi connectivity index (χ1) is 9.84. The molecule has 0 aromatic heterocycles. The zero-order valence-electron chi connectivity index (χ0n) is 12.1. The molecule has 1 aliphatic rings. The van der Waals surface area contributed by atoms with Crippen molar-refractivity contribution in [2.45, 2.75) is 30.2 Å². The van der Waals surface area contributed by atoms with Crippen LogP contribution in [0.4, 0.5) is 0 Å². The molecule has 0 radical (unpaired) electrons. The summed E-state index contributed by atoms with van der Waals surface area (Å²) in [6.45, 7) is 1.82. The van der Waals surface area contributed by atoms with E-state index in [1.807, 2.05) is 0 Å². The van der Waals surface area contributed by atoms with Gasteiger partial charge in [0, 0.05) is 13.7 Å². The highest BCUT2D eigenvalue weighted by Crippen LogP contribution is 2.35. The van der Waals surface area contributed by atoms with Crippen LogP contribution in [0.3, 0.4) is 0 Å². The van der Waals surface area contributed by atoms with Crippen molar-refractivity contribution in [3.8, 4) is 0 Å². The lowest BCUT2D eigenvalue weighted by Crippen LogP contribution is -2.55. The van der Waals surface area contributed by atoms with E-state index in [4.69, 9.17) is 4.74 Å². The van der Waals surface area contributed by atoms with Crippen molar-refractivity contribution in [1.82, 2.24) is 4.31 Å². The summed E-state index contributed by atoms with van der Waals surface area (Å²) in [5.41, 5.74) is -0.708. The average molecular weight is 313 g/mol. The van der Waals surface area contributed by atoms with Crippen LogP contribution >= 0.6 is 0 Å². The molecule has 2 rings (SSSR count). The van der Waals surface area contributed by atoms with Crippen LogP contribution < -0.4 is 0 Å². The molecular weight excluding hydrogens is 294 g/mol. The lowest BCUT2D eigenvalue weighted by atomic mass is 9.99. The molecular formula is C14H19NO5S. The molecule has 0 saturated carbocycles. The second-order valence-corrected chi connectivity index (χ2v) is 7.13. The Hall–Kier alpha value is -1.44. The Labute approximate surface area is 124 Å². The van der Waals surface area contributed by atoms with Gasteiger partial charge in [-0.3, -0.25) is 4.79 Å².